The second-order valence-electron chi connectivity index (χ2n) is 0.447. The van der Waals surface area contributed by atoms with Crippen LogP contribution in [0, 0.1) is 0 Å². The molecule has 0 aromatic rings. The van der Waals surface area contributed by atoms with Crippen molar-refractivity contribution in [3.63, 3.8) is 0 Å². The first kappa shape index (κ1) is 15.7. The third-order valence-electron chi connectivity index (χ3n) is 0. The summed E-state index contributed by atoms with van der Waals surface area (Å²) in [4.78, 5) is 25.6. The molecular formula is CoFeO4P. The maximum Gasteiger partial charge on any atom is 3.00 e. The van der Waals surface area contributed by atoms with Gasteiger partial charge in [-0.05, 0) is 0 Å². The van der Waals surface area contributed by atoms with Crippen molar-refractivity contribution in [2.45, 2.75) is 0 Å². The van der Waals surface area contributed by atoms with Crippen molar-refractivity contribution in [3.05, 3.63) is 0 Å². The van der Waals surface area contributed by atoms with E-state index in [2.05, 4.69) is 0 Å². The first-order chi connectivity index (χ1) is 2.00. The van der Waals surface area contributed by atoms with Gasteiger partial charge in [0.15, 0.2) is 0 Å². The summed E-state index contributed by atoms with van der Waals surface area (Å²) in [6, 6.07) is 0. The summed E-state index contributed by atoms with van der Waals surface area (Å²) in [7, 11) is -5.39. The van der Waals surface area contributed by atoms with Crippen LogP contribution in [-0.2, 0) is 38.4 Å². The largest absolute Gasteiger partial charge is 3.00 e. The number of hydrogen-bond acceptors (Lipinski definition) is 4. The average molecular weight is 210 g/mol. The first-order valence-corrected chi connectivity index (χ1v) is 2.19. The molecule has 0 unspecified atom stereocenters. The molecule has 0 heterocycles. The fourth-order valence-corrected chi connectivity index (χ4v) is 0. The van der Waals surface area contributed by atoms with E-state index in [-0.39, 0.29) is 33.8 Å². The van der Waals surface area contributed by atoms with Gasteiger partial charge in [0.1, 0.15) is 0 Å². The minimum absolute atomic E-state index is 0. The van der Waals surface area contributed by atoms with Crippen molar-refractivity contribution >= 4 is 7.82 Å². The molecule has 46 valence electrons. The molecule has 4 nitrogen and oxygen atoms in total. The zero-order chi connectivity index (χ0) is 4.50. The van der Waals surface area contributed by atoms with Crippen molar-refractivity contribution in [3.8, 4) is 0 Å². The van der Waals surface area contributed by atoms with E-state index in [1.54, 1.807) is 0 Å². The SMILES string of the molecule is O=P([O-])([O-])[O-].[Co].[Fe+3]. The summed E-state index contributed by atoms with van der Waals surface area (Å²) in [6.45, 7) is 0. The fourth-order valence-electron chi connectivity index (χ4n) is 0. The first-order valence-electron chi connectivity index (χ1n) is 0.730. The van der Waals surface area contributed by atoms with Gasteiger partial charge in [-0.2, -0.15) is 7.82 Å². The Morgan fingerprint density at radius 3 is 1.14 bits per heavy atom. The van der Waals surface area contributed by atoms with E-state index < -0.39 is 7.82 Å². The minimum atomic E-state index is -5.39. The predicted molar refractivity (Wildman–Crippen MR) is 7.61 cm³/mol. The predicted octanol–water partition coefficient (Wildman–Crippen LogP) is -2.83. The van der Waals surface area contributed by atoms with Gasteiger partial charge < -0.3 is 19.2 Å². The Hall–Kier alpha value is 1.14. The second-order valence-corrected chi connectivity index (χ2v) is 1.34. The molecule has 0 saturated carbocycles. The van der Waals surface area contributed by atoms with E-state index in [9.17, 15) is 0 Å². The van der Waals surface area contributed by atoms with Crippen LogP contribution in [0.5, 0.6) is 0 Å². The van der Waals surface area contributed by atoms with E-state index in [0.29, 0.717) is 0 Å². The van der Waals surface area contributed by atoms with Crippen molar-refractivity contribution < 1.29 is 53.1 Å². The molecule has 0 fully saturated rings. The van der Waals surface area contributed by atoms with Crippen LogP contribution in [-0.4, -0.2) is 0 Å². The molecule has 7 heavy (non-hydrogen) atoms. The smallest absolute Gasteiger partial charge is 0.822 e. The molecule has 0 spiro atoms. The normalized spacial score (nSPS) is 8.43. The molecule has 0 aliphatic carbocycles. The summed E-state index contributed by atoms with van der Waals surface area (Å²) in [5, 5.41) is 0. The van der Waals surface area contributed by atoms with Gasteiger partial charge in [0.25, 0.3) is 0 Å². The minimum Gasteiger partial charge on any atom is -0.822 e. The molecule has 0 rings (SSSR count). The van der Waals surface area contributed by atoms with Crippen molar-refractivity contribution in [1.29, 1.82) is 0 Å². The summed E-state index contributed by atoms with van der Waals surface area (Å²) >= 11 is 0. The second kappa shape index (κ2) is 5.28. The monoisotopic (exact) mass is 210 g/mol. The van der Waals surface area contributed by atoms with Gasteiger partial charge in [0.05, 0.1) is 0 Å². The summed E-state index contributed by atoms with van der Waals surface area (Å²) in [5.41, 5.74) is 0. The molecular weight excluding hydrogens is 210 g/mol. The van der Waals surface area contributed by atoms with Crippen molar-refractivity contribution in [2.75, 3.05) is 0 Å². The van der Waals surface area contributed by atoms with Gasteiger partial charge >= 0.3 is 17.1 Å². The van der Waals surface area contributed by atoms with Crippen molar-refractivity contribution in [2.24, 2.45) is 0 Å². The summed E-state index contributed by atoms with van der Waals surface area (Å²) < 4.78 is 8.55. The van der Waals surface area contributed by atoms with Gasteiger partial charge in [-0.3, -0.25) is 0 Å². The Labute approximate surface area is 61.2 Å². The van der Waals surface area contributed by atoms with E-state index in [4.69, 9.17) is 19.2 Å². The van der Waals surface area contributed by atoms with E-state index >= 15 is 0 Å². The Kier molecular flexibility index (Phi) is 11.8. The molecule has 0 N–H and O–H groups in total. The zero-order valence-electron chi connectivity index (χ0n) is 2.77. The van der Waals surface area contributed by atoms with Crippen LogP contribution in [0.3, 0.4) is 0 Å². The zero-order valence-corrected chi connectivity index (χ0v) is 5.81. The Balaban J connectivity index is -0.0000000800. The van der Waals surface area contributed by atoms with E-state index in [1.165, 1.54) is 0 Å². The van der Waals surface area contributed by atoms with Gasteiger partial charge in [-0.15, -0.1) is 0 Å². The van der Waals surface area contributed by atoms with Crippen LogP contribution >= 0.6 is 7.82 Å². The van der Waals surface area contributed by atoms with Crippen LogP contribution < -0.4 is 14.7 Å². The number of rotatable bonds is 0. The Bertz CT molecular complexity index is 57.8. The Morgan fingerprint density at radius 1 is 1.14 bits per heavy atom. The van der Waals surface area contributed by atoms with Gasteiger partial charge in [0, 0.05) is 16.8 Å². The number of phosphoric acid groups is 1. The molecule has 0 bridgehead atoms. The molecule has 0 atom stereocenters. The van der Waals surface area contributed by atoms with Crippen LogP contribution in [0.2, 0.25) is 0 Å². The molecule has 0 aromatic carbocycles. The quantitative estimate of drug-likeness (QED) is 0.318. The molecule has 0 aliphatic heterocycles. The van der Waals surface area contributed by atoms with Gasteiger partial charge in [0.2, 0.25) is 0 Å². The Morgan fingerprint density at radius 2 is 1.14 bits per heavy atom. The summed E-state index contributed by atoms with van der Waals surface area (Å²) in [5.74, 6) is 0. The van der Waals surface area contributed by atoms with Crippen LogP contribution in [0.4, 0.5) is 0 Å². The van der Waals surface area contributed by atoms with Gasteiger partial charge in [-0.25, -0.2) is 0 Å². The van der Waals surface area contributed by atoms with Gasteiger partial charge in [-0.1, -0.05) is 0 Å². The van der Waals surface area contributed by atoms with Crippen LogP contribution in [0.25, 0.3) is 0 Å². The fraction of sp³-hybridized carbons (Fsp3) is 0. The average Bonchev–Trinajstić information content (AvgIpc) is 0.722. The maximum atomic E-state index is 8.55. The third-order valence-corrected chi connectivity index (χ3v) is 0. The molecule has 0 aromatic heterocycles. The molecule has 0 aliphatic rings. The molecule has 7 heteroatoms. The topological polar surface area (TPSA) is 86.2 Å². The molecule has 0 amide bonds. The summed E-state index contributed by atoms with van der Waals surface area (Å²) in [6.07, 6.45) is 0. The van der Waals surface area contributed by atoms with Crippen molar-refractivity contribution in [1.82, 2.24) is 0 Å². The van der Waals surface area contributed by atoms with Crippen LogP contribution in [0.1, 0.15) is 0 Å². The van der Waals surface area contributed by atoms with E-state index in [1.807, 2.05) is 0 Å². The van der Waals surface area contributed by atoms with Crippen LogP contribution in [0.15, 0.2) is 0 Å². The van der Waals surface area contributed by atoms with E-state index in [0.717, 1.165) is 0 Å². The standard InChI is InChI=1S/Co.Fe.H3O4P/c;;1-5(2,3)4/h;;(H3,1,2,3,4)/q;+3;/p-3. The number of hydrogen-bond donors (Lipinski definition) is 0. The third kappa shape index (κ3) is 146. The maximum absolute atomic E-state index is 8.55. The molecule has 2 radical (unpaired) electrons. The molecule has 0 saturated heterocycles.